The summed E-state index contributed by atoms with van der Waals surface area (Å²) in [6.07, 6.45) is 0.0332. The zero-order valence-electron chi connectivity index (χ0n) is 11.6. The largest absolute Gasteiger partial charge is 0.466 e. The first-order chi connectivity index (χ1) is 10.5. The summed E-state index contributed by atoms with van der Waals surface area (Å²) in [6.45, 7) is 2.02. The number of ether oxygens (including phenoxy) is 1. The minimum absolute atomic E-state index is 0.0332. The first kappa shape index (κ1) is 16.6. The molecule has 116 valence electrons. The summed E-state index contributed by atoms with van der Waals surface area (Å²) in [5.74, 6) is -1.61. The Morgan fingerprint density at radius 3 is 2.95 bits per heavy atom. The van der Waals surface area contributed by atoms with Crippen LogP contribution >= 0.6 is 27.3 Å². The van der Waals surface area contributed by atoms with Gasteiger partial charge in [0.05, 0.1) is 24.3 Å². The molecule has 1 N–H and O–H groups in total. The van der Waals surface area contributed by atoms with Gasteiger partial charge in [-0.1, -0.05) is 15.9 Å². The Bertz CT molecular complexity index is 705. The van der Waals surface area contributed by atoms with Crippen LogP contribution in [0.4, 0.5) is 9.52 Å². The molecule has 1 amide bonds. The van der Waals surface area contributed by atoms with Gasteiger partial charge in [0.2, 0.25) is 0 Å². The van der Waals surface area contributed by atoms with E-state index in [1.54, 1.807) is 12.3 Å². The standard InChI is InChI=1S/C14H12BrFN2O3S/c1-2-21-12(19)6-9-7-22-14(17-9)18-13(20)10-5-8(15)3-4-11(10)16/h3-5,7H,2,6H2,1H3,(H,17,18,20). The zero-order valence-corrected chi connectivity index (χ0v) is 14.0. The van der Waals surface area contributed by atoms with E-state index in [9.17, 15) is 14.0 Å². The second kappa shape index (κ2) is 7.46. The first-order valence-corrected chi connectivity index (χ1v) is 8.03. The molecule has 0 spiro atoms. The lowest BCUT2D eigenvalue weighted by molar-refractivity contribution is -0.142. The number of carbonyl (C=O) groups is 2. The lowest BCUT2D eigenvalue weighted by Gasteiger charge is -2.03. The molecule has 0 saturated carbocycles. The summed E-state index contributed by atoms with van der Waals surface area (Å²) in [4.78, 5) is 27.5. The van der Waals surface area contributed by atoms with E-state index in [1.807, 2.05) is 0 Å². The Labute approximate surface area is 138 Å². The average molecular weight is 387 g/mol. The SMILES string of the molecule is CCOC(=O)Cc1csc(NC(=O)c2cc(Br)ccc2F)n1. The lowest BCUT2D eigenvalue weighted by atomic mass is 10.2. The molecule has 1 heterocycles. The number of anilines is 1. The van der Waals surface area contributed by atoms with E-state index in [1.165, 1.54) is 18.2 Å². The first-order valence-electron chi connectivity index (χ1n) is 6.36. The maximum atomic E-state index is 13.6. The van der Waals surface area contributed by atoms with Crippen LogP contribution in [0, 0.1) is 5.82 Å². The second-order valence-corrected chi connectivity index (χ2v) is 5.98. The van der Waals surface area contributed by atoms with Gasteiger partial charge in [-0.2, -0.15) is 0 Å². The highest BCUT2D eigenvalue weighted by atomic mass is 79.9. The molecule has 0 aliphatic carbocycles. The number of hydrogen-bond acceptors (Lipinski definition) is 5. The van der Waals surface area contributed by atoms with Crippen molar-refractivity contribution in [2.45, 2.75) is 13.3 Å². The molecular formula is C14H12BrFN2O3S. The van der Waals surface area contributed by atoms with Crippen molar-refractivity contribution in [1.29, 1.82) is 0 Å². The molecule has 0 radical (unpaired) electrons. The Morgan fingerprint density at radius 1 is 1.45 bits per heavy atom. The van der Waals surface area contributed by atoms with Crippen LogP contribution in [0.25, 0.3) is 0 Å². The summed E-state index contributed by atoms with van der Waals surface area (Å²) in [5, 5.41) is 4.45. The zero-order chi connectivity index (χ0) is 16.1. The Kier molecular flexibility index (Phi) is 5.62. The summed E-state index contributed by atoms with van der Waals surface area (Å²) in [5.41, 5.74) is 0.407. The number of hydrogen-bond donors (Lipinski definition) is 1. The van der Waals surface area contributed by atoms with Gasteiger partial charge in [-0.25, -0.2) is 9.37 Å². The van der Waals surface area contributed by atoms with E-state index in [0.29, 0.717) is 21.9 Å². The minimum Gasteiger partial charge on any atom is -0.466 e. The summed E-state index contributed by atoms with van der Waals surface area (Å²) in [6, 6.07) is 4.10. The fourth-order valence-corrected chi connectivity index (χ4v) is 2.71. The number of thiazole rings is 1. The number of nitrogens with one attached hydrogen (secondary N) is 1. The van der Waals surface area contributed by atoms with E-state index >= 15 is 0 Å². The highest BCUT2D eigenvalue weighted by Crippen LogP contribution is 2.20. The fraction of sp³-hybridized carbons (Fsp3) is 0.214. The van der Waals surface area contributed by atoms with Crippen molar-refractivity contribution < 1.29 is 18.7 Å². The van der Waals surface area contributed by atoms with Gasteiger partial charge in [-0.05, 0) is 25.1 Å². The van der Waals surface area contributed by atoms with Crippen molar-refractivity contribution in [2.24, 2.45) is 0 Å². The number of esters is 1. The molecule has 5 nitrogen and oxygen atoms in total. The van der Waals surface area contributed by atoms with Gasteiger partial charge >= 0.3 is 5.97 Å². The monoisotopic (exact) mass is 386 g/mol. The number of halogens is 2. The van der Waals surface area contributed by atoms with Gasteiger partial charge in [0, 0.05) is 9.85 Å². The average Bonchev–Trinajstić information content (AvgIpc) is 2.88. The third kappa shape index (κ3) is 4.35. The van der Waals surface area contributed by atoms with Crippen LogP contribution < -0.4 is 5.32 Å². The van der Waals surface area contributed by atoms with Gasteiger partial charge in [0.25, 0.3) is 5.91 Å². The van der Waals surface area contributed by atoms with Crippen LogP contribution in [-0.4, -0.2) is 23.5 Å². The molecule has 0 saturated heterocycles. The minimum atomic E-state index is -0.621. The molecule has 0 bridgehead atoms. The molecule has 0 atom stereocenters. The van der Waals surface area contributed by atoms with E-state index in [0.717, 1.165) is 11.3 Å². The van der Waals surface area contributed by atoms with Crippen LogP contribution in [0.3, 0.4) is 0 Å². The molecule has 8 heteroatoms. The van der Waals surface area contributed by atoms with E-state index in [2.05, 4.69) is 26.2 Å². The second-order valence-electron chi connectivity index (χ2n) is 4.20. The third-order valence-electron chi connectivity index (χ3n) is 2.58. The number of carbonyl (C=O) groups excluding carboxylic acids is 2. The van der Waals surface area contributed by atoms with Crippen molar-refractivity contribution >= 4 is 44.3 Å². The summed E-state index contributed by atoms with van der Waals surface area (Å²) < 4.78 is 19.0. The van der Waals surface area contributed by atoms with Crippen molar-refractivity contribution in [3.8, 4) is 0 Å². The van der Waals surface area contributed by atoms with Gasteiger partial charge < -0.3 is 4.74 Å². The van der Waals surface area contributed by atoms with Crippen LogP contribution in [0.5, 0.6) is 0 Å². The van der Waals surface area contributed by atoms with Gasteiger partial charge in [0.15, 0.2) is 5.13 Å². The Balaban J connectivity index is 2.05. The molecule has 0 aliphatic rings. The molecule has 22 heavy (non-hydrogen) atoms. The number of benzene rings is 1. The highest BCUT2D eigenvalue weighted by Gasteiger charge is 2.15. The third-order valence-corrected chi connectivity index (χ3v) is 3.88. The maximum Gasteiger partial charge on any atom is 0.311 e. The van der Waals surface area contributed by atoms with Gasteiger partial charge in [-0.15, -0.1) is 11.3 Å². The number of aromatic nitrogens is 1. The summed E-state index contributed by atoms with van der Waals surface area (Å²) in [7, 11) is 0. The molecule has 0 fully saturated rings. The highest BCUT2D eigenvalue weighted by molar-refractivity contribution is 9.10. The molecule has 0 unspecified atom stereocenters. The molecular weight excluding hydrogens is 375 g/mol. The molecule has 2 rings (SSSR count). The summed E-state index contributed by atoms with van der Waals surface area (Å²) >= 11 is 4.34. The van der Waals surface area contributed by atoms with Crippen LogP contribution in [-0.2, 0) is 16.0 Å². The lowest BCUT2D eigenvalue weighted by Crippen LogP contribution is -2.14. The maximum absolute atomic E-state index is 13.6. The van der Waals surface area contributed by atoms with Crippen molar-refractivity contribution in [3.05, 3.63) is 45.1 Å². The number of nitrogens with zero attached hydrogens (tertiary/aromatic N) is 1. The van der Waals surface area contributed by atoms with E-state index in [-0.39, 0.29) is 18.0 Å². The number of amides is 1. The predicted molar refractivity (Wildman–Crippen MR) is 84.5 cm³/mol. The molecule has 1 aromatic heterocycles. The normalized spacial score (nSPS) is 10.3. The molecule has 2 aromatic rings. The Hall–Kier alpha value is -1.80. The fourth-order valence-electron chi connectivity index (χ4n) is 1.64. The quantitative estimate of drug-likeness (QED) is 0.799. The van der Waals surface area contributed by atoms with Crippen LogP contribution in [0.1, 0.15) is 23.0 Å². The van der Waals surface area contributed by atoms with Gasteiger partial charge in [0.1, 0.15) is 5.82 Å². The van der Waals surface area contributed by atoms with Crippen molar-refractivity contribution in [2.75, 3.05) is 11.9 Å². The Morgan fingerprint density at radius 2 is 2.23 bits per heavy atom. The number of rotatable bonds is 5. The predicted octanol–water partition coefficient (Wildman–Crippen LogP) is 3.40. The van der Waals surface area contributed by atoms with Crippen LogP contribution in [0.2, 0.25) is 0 Å². The van der Waals surface area contributed by atoms with Crippen molar-refractivity contribution in [3.63, 3.8) is 0 Å². The smallest absolute Gasteiger partial charge is 0.311 e. The van der Waals surface area contributed by atoms with E-state index < -0.39 is 11.7 Å². The van der Waals surface area contributed by atoms with Crippen molar-refractivity contribution in [1.82, 2.24) is 4.98 Å². The molecule has 0 aliphatic heterocycles. The van der Waals surface area contributed by atoms with Crippen LogP contribution in [0.15, 0.2) is 28.1 Å². The van der Waals surface area contributed by atoms with Gasteiger partial charge in [-0.3, -0.25) is 14.9 Å². The topological polar surface area (TPSA) is 68.3 Å². The molecule has 1 aromatic carbocycles. The van der Waals surface area contributed by atoms with E-state index in [4.69, 9.17) is 4.74 Å².